The zero-order chi connectivity index (χ0) is 27.4. The lowest BCUT2D eigenvalue weighted by Crippen LogP contribution is -2.56. The molecule has 0 saturated carbocycles. The summed E-state index contributed by atoms with van der Waals surface area (Å²) in [7, 11) is 1.67. The summed E-state index contributed by atoms with van der Waals surface area (Å²) in [6.07, 6.45) is -3.72. The van der Waals surface area contributed by atoms with Gasteiger partial charge in [0.2, 0.25) is 5.91 Å². The van der Waals surface area contributed by atoms with E-state index in [2.05, 4.69) is 15.1 Å². The van der Waals surface area contributed by atoms with Gasteiger partial charge in [-0.3, -0.25) is 19.3 Å². The first-order valence-corrected chi connectivity index (χ1v) is 11.4. The highest BCUT2D eigenvalue weighted by Crippen LogP contribution is 2.32. The van der Waals surface area contributed by atoms with Crippen LogP contribution in [-0.2, 0) is 24.6 Å². The molecule has 198 valence electrons. The average molecular weight is 533 g/mol. The summed E-state index contributed by atoms with van der Waals surface area (Å²) >= 11 is 0. The Bertz CT molecular complexity index is 1570. The van der Waals surface area contributed by atoms with E-state index >= 15 is 0 Å². The van der Waals surface area contributed by atoms with Gasteiger partial charge in [0.25, 0.3) is 11.8 Å². The monoisotopic (exact) mass is 533 g/mol. The number of carbonyl (C=O) groups excluding carboxylic acids is 2. The maximum atomic E-state index is 14.3. The van der Waals surface area contributed by atoms with Crippen LogP contribution in [-0.4, -0.2) is 54.0 Å². The standard InChI is InChI=1S/C24H20F5N7O2/c1-34-20-16-8-13(2-5-18(16)33-21(30)17(20)10-32-34)22(38)35(36-12-23(25,26)7-6-19(36)37)11-15-4-3-14(9-31-15)24(27,28)29/h2-5,8-10H,6-7,11-12H2,1H3,(H2,30,33). The predicted octanol–water partition coefficient (Wildman–Crippen LogP) is 3.93. The maximum absolute atomic E-state index is 14.3. The number of alkyl halides is 5. The molecule has 1 aliphatic rings. The Kier molecular flexibility index (Phi) is 5.92. The van der Waals surface area contributed by atoms with Gasteiger partial charge in [-0.25, -0.2) is 23.8 Å². The van der Waals surface area contributed by atoms with E-state index in [9.17, 15) is 31.5 Å². The minimum absolute atomic E-state index is 0.0279. The molecule has 2 amide bonds. The number of fused-ring (bicyclic) bond motifs is 3. The Balaban J connectivity index is 1.57. The van der Waals surface area contributed by atoms with Gasteiger partial charge >= 0.3 is 6.18 Å². The van der Waals surface area contributed by atoms with E-state index in [0.29, 0.717) is 33.0 Å². The number of carbonyl (C=O) groups is 2. The molecule has 0 bridgehead atoms. The number of aryl methyl sites for hydroxylation is 1. The van der Waals surface area contributed by atoms with Crippen LogP contribution in [0.3, 0.4) is 0 Å². The van der Waals surface area contributed by atoms with Gasteiger partial charge in [0.1, 0.15) is 12.4 Å². The fraction of sp³-hybridized carbons (Fsp3) is 0.292. The molecule has 1 saturated heterocycles. The molecule has 0 radical (unpaired) electrons. The fourth-order valence-electron chi connectivity index (χ4n) is 4.37. The van der Waals surface area contributed by atoms with Crippen LogP contribution in [0.1, 0.15) is 34.5 Å². The summed E-state index contributed by atoms with van der Waals surface area (Å²) in [5.74, 6) is -4.57. The summed E-state index contributed by atoms with van der Waals surface area (Å²) in [5, 5.41) is 6.64. The molecule has 4 heterocycles. The van der Waals surface area contributed by atoms with Crippen molar-refractivity contribution in [3.8, 4) is 0 Å². The summed E-state index contributed by atoms with van der Waals surface area (Å²) in [6, 6.07) is 6.20. The van der Waals surface area contributed by atoms with E-state index in [1.54, 1.807) is 11.7 Å². The zero-order valence-corrected chi connectivity index (χ0v) is 19.8. The minimum Gasteiger partial charge on any atom is -0.383 e. The first-order valence-electron chi connectivity index (χ1n) is 11.4. The van der Waals surface area contributed by atoms with Gasteiger partial charge in [-0.05, 0) is 30.3 Å². The Morgan fingerprint density at radius 3 is 2.61 bits per heavy atom. The van der Waals surface area contributed by atoms with Gasteiger partial charge in [-0.1, -0.05) is 0 Å². The number of nitrogens with two attached hydrogens (primary N) is 1. The van der Waals surface area contributed by atoms with Crippen molar-refractivity contribution in [1.29, 1.82) is 0 Å². The number of piperidine rings is 1. The van der Waals surface area contributed by atoms with Gasteiger partial charge in [0, 0.05) is 37.0 Å². The Hall–Kier alpha value is -4.36. The van der Waals surface area contributed by atoms with Crippen LogP contribution in [0.4, 0.5) is 27.8 Å². The van der Waals surface area contributed by atoms with Crippen molar-refractivity contribution in [2.75, 3.05) is 12.3 Å². The molecule has 0 atom stereocenters. The summed E-state index contributed by atoms with van der Waals surface area (Å²) in [6.45, 7) is -1.58. The number of anilines is 1. The van der Waals surface area contributed by atoms with Crippen LogP contribution in [0, 0.1) is 0 Å². The summed E-state index contributed by atoms with van der Waals surface area (Å²) in [4.78, 5) is 34.4. The summed E-state index contributed by atoms with van der Waals surface area (Å²) in [5.41, 5.74) is 6.03. The largest absolute Gasteiger partial charge is 0.417 e. The van der Waals surface area contributed by atoms with E-state index in [4.69, 9.17) is 5.73 Å². The molecule has 9 nitrogen and oxygen atoms in total. The third kappa shape index (κ3) is 4.57. The van der Waals surface area contributed by atoms with E-state index in [-0.39, 0.29) is 17.1 Å². The number of nitrogens with zero attached hydrogens (tertiary/aromatic N) is 6. The molecular weight excluding hydrogens is 513 g/mol. The van der Waals surface area contributed by atoms with Gasteiger partial charge in [0.15, 0.2) is 0 Å². The molecule has 0 aliphatic carbocycles. The molecule has 1 aromatic carbocycles. The van der Waals surface area contributed by atoms with Crippen molar-refractivity contribution >= 4 is 39.4 Å². The highest BCUT2D eigenvalue weighted by atomic mass is 19.4. The van der Waals surface area contributed by atoms with Crippen molar-refractivity contribution in [3.63, 3.8) is 0 Å². The van der Waals surface area contributed by atoms with Crippen molar-refractivity contribution in [1.82, 2.24) is 29.8 Å². The number of nitrogen functional groups attached to an aromatic ring is 1. The molecular formula is C24H20F5N7O2. The smallest absolute Gasteiger partial charge is 0.383 e. The van der Waals surface area contributed by atoms with E-state index in [0.717, 1.165) is 17.1 Å². The molecule has 3 aromatic heterocycles. The van der Waals surface area contributed by atoms with Crippen molar-refractivity contribution in [2.24, 2.45) is 7.05 Å². The maximum Gasteiger partial charge on any atom is 0.417 e. The van der Waals surface area contributed by atoms with Crippen LogP contribution in [0.25, 0.3) is 21.8 Å². The quantitative estimate of drug-likeness (QED) is 0.398. The van der Waals surface area contributed by atoms with Gasteiger partial charge in [-0.15, -0.1) is 0 Å². The van der Waals surface area contributed by atoms with E-state index < -0.39 is 55.4 Å². The predicted molar refractivity (Wildman–Crippen MR) is 125 cm³/mol. The van der Waals surface area contributed by atoms with Crippen molar-refractivity contribution < 1.29 is 31.5 Å². The van der Waals surface area contributed by atoms with E-state index in [1.807, 2.05) is 0 Å². The van der Waals surface area contributed by atoms with Crippen LogP contribution < -0.4 is 5.73 Å². The Morgan fingerprint density at radius 2 is 1.92 bits per heavy atom. The van der Waals surface area contributed by atoms with Gasteiger partial charge in [-0.2, -0.15) is 18.3 Å². The number of amides is 2. The number of pyridine rings is 2. The number of hydrogen-bond donors (Lipinski definition) is 1. The molecule has 38 heavy (non-hydrogen) atoms. The second-order valence-electron chi connectivity index (χ2n) is 8.97. The molecule has 5 rings (SSSR count). The number of hydrazine groups is 1. The topological polar surface area (TPSA) is 110 Å². The van der Waals surface area contributed by atoms with Crippen molar-refractivity contribution in [3.05, 3.63) is 59.5 Å². The third-order valence-corrected chi connectivity index (χ3v) is 6.32. The number of benzene rings is 1. The normalized spacial score (nSPS) is 15.8. The second-order valence-corrected chi connectivity index (χ2v) is 8.97. The molecule has 1 aliphatic heterocycles. The molecule has 2 N–H and O–H groups in total. The molecule has 4 aromatic rings. The van der Waals surface area contributed by atoms with Crippen LogP contribution in [0.2, 0.25) is 0 Å². The number of halogens is 5. The Labute approximate surface area is 211 Å². The molecule has 0 unspecified atom stereocenters. The Morgan fingerprint density at radius 1 is 1.16 bits per heavy atom. The molecule has 0 spiro atoms. The first-order chi connectivity index (χ1) is 17.8. The van der Waals surface area contributed by atoms with Crippen LogP contribution in [0.5, 0.6) is 0 Å². The SMILES string of the molecule is Cn1ncc2c(N)nc3ccc(C(=O)N(Cc4ccc(C(F)(F)F)cn4)N4CC(F)(F)CCC4=O)cc3c21. The number of hydrogen-bond acceptors (Lipinski definition) is 6. The van der Waals surface area contributed by atoms with Gasteiger partial charge < -0.3 is 5.73 Å². The average Bonchev–Trinajstić information content (AvgIpc) is 3.26. The van der Waals surface area contributed by atoms with Crippen LogP contribution >= 0.6 is 0 Å². The number of aromatic nitrogens is 4. The van der Waals surface area contributed by atoms with Gasteiger partial charge in [0.05, 0.1) is 40.4 Å². The second kappa shape index (κ2) is 8.89. The van der Waals surface area contributed by atoms with Crippen LogP contribution in [0.15, 0.2) is 42.7 Å². The highest BCUT2D eigenvalue weighted by Gasteiger charge is 2.43. The molecule has 1 fully saturated rings. The van der Waals surface area contributed by atoms with Crippen molar-refractivity contribution in [2.45, 2.75) is 31.5 Å². The lowest BCUT2D eigenvalue weighted by molar-refractivity contribution is -0.170. The lowest BCUT2D eigenvalue weighted by Gasteiger charge is -2.39. The summed E-state index contributed by atoms with van der Waals surface area (Å²) < 4.78 is 69.1. The molecule has 14 heteroatoms. The zero-order valence-electron chi connectivity index (χ0n) is 19.8. The fourth-order valence-corrected chi connectivity index (χ4v) is 4.37. The van der Waals surface area contributed by atoms with E-state index in [1.165, 1.54) is 24.4 Å². The third-order valence-electron chi connectivity index (χ3n) is 6.32. The number of rotatable bonds is 4. The minimum atomic E-state index is -4.63. The highest BCUT2D eigenvalue weighted by molar-refractivity contribution is 6.10. The first kappa shape index (κ1) is 25.3. The lowest BCUT2D eigenvalue weighted by atomic mass is 10.1.